The highest BCUT2D eigenvalue weighted by Crippen LogP contribution is 2.39. The van der Waals surface area contributed by atoms with Gasteiger partial charge in [0, 0.05) is 44.6 Å². The predicted molar refractivity (Wildman–Crippen MR) is 102 cm³/mol. The molecule has 1 aliphatic carbocycles. The molecule has 0 aromatic heterocycles. The number of hydrogen-bond acceptors (Lipinski definition) is 6. The Morgan fingerprint density at radius 1 is 0.966 bits per heavy atom. The van der Waals surface area contributed by atoms with Crippen LogP contribution < -0.4 is 0 Å². The second kappa shape index (κ2) is 12.0. The lowest BCUT2D eigenvalue weighted by Crippen LogP contribution is -2.31. The molecule has 2 fully saturated rings. The molecular weight excluding hydrogens is 380 g/mol. The van der Waals surface area contributed by atoms with Crippen LogP contribution in [0.5, 0.6) is 0 Å². The zero-order valence-electron chi connectivity index (χ0n) is 16.8. The van der Waals surface area contributed by atoms with Crippen molar-refractivity contribution in [1.29, 1.82) is 0 Å². The number of rotatable bonds is 13. The van der Waals surface area contributed by atoms with E-state index in [0.717, 1.165) is 19.3 Å². The smallest absolute Gasteiger partial charge is 0.303 e. The molecule has 2 N–H and O–H groups in total. The van der Waals surface area contributed by atoms with E-state index in [1.54, 1.807) is 0 Å². The van der Waals surface area contributed by atoms with Crippen molar-refractivity contribution in [3.8, 4) is 0 Å². The molecule has 8 nitrogen and oxygen atoms in total. The van der Waals surface area contributed by atoms with Crippen molar-refractivity contribution in [2.45, 2.75) is 89.4 Å². The van der Waals surface area contributed by atoms with Crippen LogP contribution in [0.3, 0.4) is 0 Å². The first-order valence-corrected chi connectivity index (χ1v) is 10.6. The summed E-state index contributed by atoms with van der Waals surface area (Å²) in [5.41, 5.74) is 0. The van der Waals surface area contributed by atoms with Gasteiger partial charge in [-0.25, -0.2) is 0 Å². The Balaban J connectivity index is 1.87. The van der Waals surface area contributed by atoms with Crippen LogP contribution in [0.4, 0.5) is 0 Å². The van der Waals surface area contributed by atoms with E-state index in [4.69, 9.17) is 19.7 Å². The van der Waals surface area contributed by atoms with E-state index in [-0.39, 0.29) is 61.5 Å². The van der Waals surface area contributed by atoms with Gasteiger partial charge in [-0.2, -0.15) is 0 Å². The summed E-state index contributed by atoms with van der Waals surface area (Å²) in [6.07, 6.45) is 4.59. The minimum absolute atomic E-state index is 0.0140. The van der Waals surface area contributed by atoms with E-state index in [1.807, 2.05) is 0 Å². The minimum atomic E-state index is -0.912. The van der Waals surface area contributed by atoms with Gasteiger partial charge in [0.1, 0.15) is 11.6 Å². The summed E-state index contributed by atoms with van der Waals surface area (Å²) in [5, 5.41) is 17.7. The number of carbonyl (C=O) groups is 4. The van der Waals surface area contributed by atoms with Crippen LogP contribution in [-0.4, -0.2) is 52.7 Å². The van der Waals surface area contributed by atoms with Crippen molar-refractivity contribution >= 4 is 23.5 Å². The molecule has 164 valence electrons. The van der Waals surface area contributed by atoms with Crippen molar-refractivity contribution in [1.82, 2.24) is 0 Å². The molecule has 0 amide bonds. The molecule has 1 saturated carbocycles. The first-order valence-electron chi connectivity index (χ1n) is 10.6. The van der Waals surface area contributed by atoms with E-state index in [2.05, 4.69) is 0 Å². The third-order valence-electron chi connectivity index (χ3n) is 5.80. The number of Topliss-reactive ketones (excluding diaryl/α,β-unsaturated/α-hetero) is 2. The Hall–Kier alpha value is -1.80. The van der Waals surface area contributed by atoms with Crippen molar-refractivity contribution in [2.24, 2.45) is 11.8 Å². The van der Waals surface area contributed by atoms with Crippen molar-refractivity contribution in [2.75, 3.05) is 6.61 Å². The van der Waals surface area contributed by atoms with E-state index >= 15 is 0 Å². The van der Waals surface area contributed by atoms with Crippen LogP contribution in [0.1, 0.15) is 77.0 Å². The Morgan fingerprint density at radius 2 is 1.69 bits per heavy atom. The van der Waals surface area contributed by atoms with Crippen LogP contribution >= 0.6 is 0 Å². The van der Waals surface area contributed by atoms with Gasteiger partial charge >= 0.3 is 11.9 Å². The summed E-state index contributed by atoms with van der Waals surface area (Å²) in [5.74, 6) is -2.33. The number of carboxylic acids is 2. The average molecular weight is 412 g/mol. The minimum Gasteiger partial charge on any atom is -0.481 e. The maximum atomic E-state index is 12.6. The highest BCUT2D eigenvalue weighted by molar-refractivity contribution is 5.85. The SMILES string of the molecule is O=C(O)CCCCC(=O)CCC1C(=O)CC(OC2CCCCO2)C1CCC(=O)O. The molecule has 29 heavy (non-hydrogen) atoms. The van der Waals surface area contributed by atoms with Gasteiger partial charge in [-0.3, -0.25) is 19.2 Å². The van der Waals surface area contributed by atoms with E-state index in [1.165, 1.54) is 0 Å². The molecule has 0 aromatic carbocycles. The van der Waals surface area contributed by atoms with Gasteiger partial charge in [0.05, 0.1) is 6.10 Å². The van der Waals surface area contributed by atoms with E-state index < -0.39 is 11.9 Å². The van der Waals surface area contributed by atoms with Gasteiger partial charge in [-0.1, -0.05) is 0 Å². The maximum Gasteiger partial charge on any atom is 0.303 e. The summed E-state index contributed by atoms with van der Waals surface area (Å²) in [4.78, 5) is 46.3. The Morgan fingerprint density at radius 3 is 2.34 bits per heavy atom. The molecular formula is C21H32O8. The number of ether oxygens (including phenoxy) is 2. The number of ketones is 2. The fourth-order valence-electron chi connectivity index (χ4n) is 4.25. The Kier molecular flexibility index (Phi) is 9.73. The third-order valence-corrected chi connectivity index (χ3v) is 5.80. The second-order valence-electron chi connectivity index (χ2n) is 8.02. The lowest BCUT2D eigenvalue weighted by Gasteiger charge is -2.29. The number of carbonyl (C=O) groups excluding carboxylic acids is 2. The van der Waals surface area contributed by atoms with Crippen LogP contribution in [0, 0.1) is 11.8 Å². The number of aliphatic carboxylic acids is 2. The monoisotopic (exact) mass is 412 g/mol. The predicted octanol–water partition coefficient (Wildman–Crippen LogP) is 2.96. The molecule has 4 unspecified atom stereocenters. The molecule has 2 rings (SSSR count). The Labute approximate surface area is 170 Å². The zero-order chi connectivity index (χ0) is 21.2. The number of carboxylic acid groups (broad SMARTS) is 2. The maximum absolute atomic E-state index is 12.6. The molecule has 0 aromatic rings. The largest absolute Gasteiger partial charge is 0.481 e. The lowest BCUT2D eigenvalue weighted by atomic mass is 9.85. The van der Waals surface area contributed by atoms with Crippen LogP contribution in [0.15, 0.2) is 0 Å². The second-order valence-corrected chi connectivity index (χ2v) is 8.02. The summed E-state index contributed by atoms with van der Waals surface area (Å²) < 4.78 is 11.6. The van der Waals surface area contributed by atoms with E-state index in [0.29, 0.717) is 38.7 Å². The molecule has 0 spiro atoms. The van der Waals surface area contributed by atoms with Gasteiger partial charge in [0.2, 0.25) is 0 Å². The summed E-state index contributed by atoms with van der Waals surface area (Å²) in [6, 6.07) is 0. The first-order chi connectivity index (χ1) is 13.9. The highest BCUT2D eigenvalue weighted by atomic mass is 16.7. The van der Waals surface area contributed by atoms with Crippen LogP contribution in [0.2, 0.25) is 0 Å². The van der Waals surface area contributed by atoms with Crippen molar-refractivity contribution in [3.05, 3.63) is 0 Å². The highest BCUT2D eigenvalue weighted by Gasteiger charge is 2.43. The lowest BCUT2D eigenvalue weighted by molar-refractivity contribution is -0.196. The van der Waals surface area contributed by atoms with Gasteiger partial charge < -0.3 is 19.7 Å². The van der Waals surface area contributed by atoms with Crippen LogP contribution in [-0.2, 0) is 28.7 Å². The topological polar surface area (TPSA) is 127 Å². The third kappa shape index (κ3) is 8.22. The summed E-state index contributed by atoms with van der Waals surface area (Å²) in [7, 11) is 0. The molecule has 1 heterocycles. The zero-order valence-corrected chi connectivity index (χ0v) is 16.8. The molecule has 0 radical (unpaired) electrons. The number of hydrogen-bond donors (Lipinski definition) is 2. The van der Waals surface area contributed by atoms with Gasteiger partial charge in [0.25, 0.3) is 0 Å². The average Bonchev–Trinajstić information content (AvgIpc) is 2.96. The number of unbranched alkanes of at least 4 members (excludes halogenated alkanes) is 1. The quantitative estimate of drug-likeness (QED) is 0.442. The van der Waals surface area contributed by atoms with Gasteiger partial charge in [0.15, 0.2) is 6.29 Å². The molecule has 0 bridgehead atoms. The molecule has 1 aliphatic heterocycles. The fourth-order valence-corrected chi connectivity index (χ4v) is 4.25. The normalized spacial score (nSPS) is 27.1. The summed E-state index contributed by atoms with van der Waals surface area (Å²) in [6.45, 7) is 0.630. The van der Waals surface area contributed by atoms with Crippen LogP contribution in [0.25, 0.3) is 0 Å². The van der Waals surface area contributed by atoms with Gasteiger partial charge in [-0.05, 0) is 50.9 Å². The summed E-state index contributed by atoms with van der Waals surface area (Å²) >= 11 is 0. The van der Waals surface area contributed by atoms with Crippen molar-refractivity contribution in [3.63, 3.8) is 0 Å². The molecule has 1 saturated heterocycles. The molecule has 8 heteroatoms. The Bertz CT molecular complexity index is 581. The first kappa shape index (κ1) is 23.5. The molecule has 2 aliphatic rings. The van der Waals surface area contributed by atoms with Gasteiger partial charge in [-0.15, -0.1) is 0 Å². The standard InChI is InChI=1S/C21H32O8/c22-14(5-1-2-6-19(24)25)8-9-15-16(10-11-20(26)27)18(13-17(15)23)29-21-7-3-4-12-28-21/h15-16,18,21H,1-13H2,(H,24,25)(H,26,27). The van der Waals surface area contributed by atoms with E-state index in [9.17, 15) is 19.2 Å². The molecule has 4 atom stereocenters. The fraction of sp³-hybridized carbons (Fsp3) is 0.810. The van der Waals surface area contributed by atoms with Crippen molar-refractivity contribution < 1.29 is 38.9 Å².